The first kappa shape index (κ1) is 19.3. The Morgan fingerprint density at radius 3 is 2.42 bits per heavy atom. The fourth-order valence-corrected chi connectivity index (χ4v) is 2.24. The SMILES string of the molecule is N[C@@H](CCC(=O)Nc1cc([N+](=O)[O-])cc(S(=O)(=O)O)c1O)C(=O)O. The lowest BCUT2D eigenvalue weighted by Crippen LogP contribution is -2.31. The number of aromatic hydroxyl groups is 1. The lowest BCUT2D eigenvalue weighted by atomic mass is 10.1. The summed E-state index contributed by atoms with van der Waals surface area (Å²) in [4.78, 5) is 30.8. The summed E-state index contributed by atoms with van der Waals surface area (Å²) in [5, 5.41) is 31.1. The number of amides is 1. The normalized spacial score (nSPS) is 12.4. The molecule has 13 heteroatoms. The summed E-state index contributed by atoms with van der Waals surface area (Å²) in [6, 6.07) is -0.220. The standard InChI is InChI=1S/C11H13N3O9S/c12-6(11(17)18)1-2-9(15)13-7-3-5(14(19)20)4-8(10(7)16)24(21,22)23/h3-4,6,16H,1-2,12H2,(H,13,15)(H,17,18)(H,21,22,23)/t6-/m0/s1. The number of hydrogen-bond donors (Lipinski definition) is 5. The lowest BCUT2D eigenvalue weighted by Gasteiger charge is -2.11. The zero-order chi connectivity index (χ0) is 18.7. The van der Waals surface area contributed by atoms with Crippen LogP contribution >= 0.6 is 0 Å². The van der Waals surface area contributed by atoms with Gasteiger partial charge in [0, 0.05) is 18.6 Å². The van der Waals surface area contributed by atoms with Gasteiger partial charge in [-0.1, -0.05) is 0 Å². The van der Waals surface area contributed by atoms with Gasteiger partial charge in [0.1, 0.15) is 10.9 Å². The van der Waals surface area contributed by atoms with Crippen molar-refractivity contribution in [2.45, 2.75) is 23.8 Å². The van der Waals surface area contributed by atoms with E-state index in [4.69, 9.17) is 15.4 Å². The lowest BCUT2D eigenvalue weighted by molar-refractivity contribution is -0.385. The highest BCUT2D eigenvalue weighted by molar-refractivity contribution is 7.86. The van der Waals surface area contributed by atoms with Gasteiger partial charge in [-0.2, -0.15) is 8.42 Å². The molecule has 0 heterocycles. The summed E-state index contributed by atoms with van der Waals surface area (Å²) in [7, 11) is -4.99. The van der Waals surface area contributed by atoms with Gasteiger partial charge in [-0.05, 0) is 6.42 Å². The van der Waals surface area contributed by atoms with Gasteiger partial charge in [0.05, 0.1) is 10.6 Å². The summed E-state index contributed by atoms with van der Waals surface area (Å²) in [6.45, 7) is 0. The molecule has 6 N–H and O–H groups in total. The minimum atomic E-state index is -4.99. The number of non-ortho nitro benzene ring substituents is 1. The molecule has 12 nitrogen and oxygen atoms in total. The molecule has 132 valence electrons. The Balaban J connectivity index is 3.11. The van der Waals surface area contributed by atoms with Crippen molar-refractivity contribution >= 4 is 33.4 Å². The molecule has 0 aliphatic rings. The van der Waals surface area contributed by atoms with Crippen LogP contribution in [0.25, 0.3) is 0 Å². The number of phenolic OH excluding ortho intramolecular Hbond substituents is 1. The molecule has 0 aromatic heterocycles. The van der Waals surface area contributed by atoms with Crippen LogP contribution in [-0.4, -0.2) is 46.0 Å². The van der Waals surface area contributed by atoms with Crippen LogP contribution in [0.2, 0.25) is 0 Å². The highest BCUT2D eigenvalue weighted by atomic mass is 32.2. The number of carboxylic acid groups (broad SMARTS) is 1. The number of rotatable bonds is 7. The number of nitrogens with zero attached hydrogens (tertiary/aromatic N) is 1. The number of nitrogens with one attached hydrogen (secondary N) is 1. The third-order valence-corrected chi connectivity index (χ3v) is 3.69. The molecule has 1 amide bonds. The third-order valence-electron chi connectivity index (χ3n) is 2.82. The topological polar surface area (TPSA) is 210 Å². The Kier molecular flexibility index (Phi) is 5.78. The Morgan fingerprint density at radius 2 is 1.96 bits per heavy atom. The predicted molar refractivity (Wildman–Crippen MR) is 78.1 cm³/mol. The number of anilines is 1. The quantitative estimate of drug-likeness (QED) is 0.184. The van der Waals surface area contributed by atoms with Crippen LogP contribution in [0.5, 0.6) is 5.75 Å². The molecule has 1 rings (SSSR count). The first-order chi connectivity index (χ1) is 10.9. The maximum atomic E-state index is 11.7. The van der Waals surface area contributed by atoms with Crippen molar-refractivity contribution in [1.82, 2.24) is 0 Å². The minimum Gasteiger partial charge on any atom is -0.504 e. The van der Waals surface area contributed by atoms with Crippen LogP contribution in [0.3, 0.4) is 0 Å². The zero-order valence-electron chi connectivity index (χ0n) is 11.9. The van der Waals surface area contributed by atoms with Crippen molar-refractivity contribution in [3.8, 4) is 5.75 Å². The van der Waals surface area contributed by atoms with Crippen molar-refractivity contribution in [3.05, 3.63) is 22.2 Å². The van der Waals surface area contributed by atoms with Crippen molar-refractivity contribution in [2.24, 2.45) is 5.73 Å². The molecule has 1 aromatic rings. The summed E-state index contributed by atoms with van der Waals surface area (Å²) in [5.74, 6) is -3.31. The molecule has 0 unspecified atom stereocenters. The fourth-order valence-electron chi connectivity index (χ4n) is 1.61. The van der Waals surface area contributed by atoms with E-state index in [1.165, 1.54) is 0 Å². The van der Waals surface area contributed by atoms with E-state index in [0.29, 0.717) is 12.1 Å². The van der Waals surface area contributed by atoms with Crippen molar-refractivity contribution < 1.29 is 37.7 Å². The number of benzene rings is 1. The Labute approximate surface area is 134 Å². The number of phenols is 1. The van der Waals surface area contributed by atoms with Crippen LogP contribution in [0.15, 0.2) is 17.0 Å². The van der Waals surface area contributed by atoms with Crippen LogP contribution in [0.4, 0.5) is 11.4 Å². The van der Waals surface area contributed by atoms with Gasteiger partial charge >= 0.3 is 5.97 Å². The van der Waals surface area contributed by atoms with Crippen molar-refractivity contribution in [2.75, 3.05) is 5.32 Å². The second kappa shape index (κ2) is 7.20. The highest BCUT2D eigenvalue weighted by Crippen LogP contribution is 2.35. The predicted octanol–water partition coefficient (Wildman–Crippen LogP) is -0.322. The van der Waals surface area contributed by atoms with E-state index in [2.05, 4.69) is 0 Å². The van der Waals surface area contributed by atoms with E-state index >= 15 is 0 Å². The van der Waals surface area contributed by atoms with E-state index in [0.717, 1.165) is 0 Å². The van der Waals surface area contributed by atoms with E-state index in [1.807, 2.05) is 5.32 Å². The van der Waals surface area contributed by atoms with Gasteiger partial charge in [-0.3, -0.25) is 24.3 Å². The van der Waals surface area contributed by atoms with Crippen LogP contribution < -0.4 is 11.1 Å². The van der Waals surface area contributed by atoms with Gasteiger partial charge < -0.3 is 21.3 Å². The number of hydrogen-bond acceptors (Lipinski definition) is 8. The second-order valence-corrected chi connectivity index (χ2v) is 5.99. The molecular formula is C11H13N3O9S. The fraction of sp³-hybridized carbons (Fsp3) is 0.273. The second-order valence-electron chi connectivity index (χ2n) is 4.60. The number of carboxylic acids is 1. The zero-order valence-corrected chi connectivity index (χ0v) is 12.7. The molecule has 0 aliphatic heterocycles. The van der Waals surface area contributed by atoms with Crippen molar-refractivity contribution in [3.63, 3.8) is 0 Å². The number of nitro groups is 1. The summed E-state index contributed by atoms with van der Waals surface area (Å²) >= 11 is 0. The Morgan fingerprint density at radius 1 is 1.38 bits per heavy atom. The van der Waals surface area contributed by atoms with Crippen LogP contribution in [-0.2, 0) is 19.7 Å². The summed E-state index contributed by atoms with van der Waals surface area (Å²) in [6.07, 6.45) is -0.668. The van der Waals surface area contributed by atoms with E-state index in [1.54, 1.807) is 0 Å². The molecule has 1 atom stereocenters. The number of nitrogens with two attached hydrogens (primary N) is 1. The maximum absolute atomic E-state index is 11.7. The monoisotopic (exact) mass is 363 g/mol. The van der Waals surface area contributed by atoms with Crippen molar-refractivity contribution in [1.29, 1.82) is 0 Å². The van der Waals surface area contributed by atoms with Gasteiger partial charge in [-0.25, -0.2) is 0 Å². The van der Waals surface area contributed by atoms with Crippen LogP contribution in [0, 0.1) is 10.1 Å². The average Bonchev–Trinajstić information content (AvgIpc) is 2.45. The molecule has 1 aromatic carbocycles. The first-order valence-corrected chi connectivity index (χ1v) is 7.64. The molecular weight excluding hydrogens is 350 g/mol. The molecule has 24 heavy (non-hydrogen) atoms. The van der Waals surface area contributed by atoms with Gasteiger partial charge in [-0.15, -0.1) is 0 Å². The molecule has 0 fully saturated rings. The highest BCUT2D eigenvalue weighted by Gasteiger charge is 2.25. The van der Waals surface area contributed by atoms with Gasteiger partial charge in [0.15, 0.2) is 5.75 Å². The Bertz CT molecular complexity index is 790. The number of nitro benzene ring substituents is 1. The summed E-state index contributed by atoms with van der Waals surface area (Å²) < 4.78 is 31.2. The molecule has 0 spiro atoms. The van der Waals surface area contributed by atoms with Gasteiger partial charge in [0.2, 0.25) is 5.91 Å². The van der Waals surface area contributed by atoms with Gasteiger partial charge in [0.25, 0.3) is 15.8 Å². The molecule has 0 radical (unpaired) electrons. The average molecular weight is 363 g/mol. The van der Waals surface area contributed by atoms with Crippen LogP contribution in [0.1, 0.15) is 12.8 Å². The number of aliphatic carboxylic acids is 1. The van der Waals surface area contributed by atoms with E-state index in [-0.39, 0.29) is 6.42 Å². The molecule has 0 bridgehead atoms. The first-order valence-electron chi connectivity index (χ1n) is 6.20. The largest absolute Gasteiger partial charge is 0.504 e. The molecule has 0 saturated heterocycles. The smallest absolute Gasteiger partial charge is 0.320 e. The number of carbonyl (C=O) groups is 2. The molecule has 0 aliphatic carbocycles. The molecule has 0 saturated carbocycles. The van der Waals surface area contributed by atoms with E-state index in [9.17, 15) is 33.2 Å². The Hall–Kier alpha value is -2.77. The minimum absolute atomic E-state index is 0.262. The summed E-state index contributed by atoms with van der Waals surface area (Å²) in [5.41, 5.74) is 3.76. The third kappa shape index (κ3) is 4.87. The van der Waals surface area contributed by atoms with E-state index < -0.39 is 61.4 Å². The maximum Gasteiger partial charge on any atom is 0.320 e. The number of carbonyl (C=O) groups excluding carboxylic acids is 1.